The third kappa shape index (κ3) is 12.6. The normalized spacial score (nSPS) is 14.8. The van der Waals surface area contributed by atoms with E-state index in [2.05, 4.69) is 94.3 Å². The molecule has 0 atom stereocenters. The Hall–Kier alpha value is -0.870. The monoisotopic (exact) mass is 396 g/mol. The molecule has 0 radical (unpaired) electrons. The van der Waals surface area contributed by atoms with Crippen LogP contribution in [-0.2, 0) is 9.47 Å². The Morgan fingerprint density at radius 1 is 1.07 bits per heavy atom. The van der Waals surface area contributed by atoms with Crippen LogP contribution in [0, 0.1) is 5.41 Å². The summed E-state index contributed by atoms with van der Waals surface area (Å²) < 4.78 is 11.9. The Morgan fingerprint density at radius 2 is 1.64 bits per heavy atom. The molecule has 0 fully saturated rings. The molecule has 0 aromatic heterocycles. The Kier molecular flexibility index (Phi) is 11.0. The molecule has 0 unspecified atom stereocenters. The third-order valence-electron chi connectivity index (χ3n) is 4.87. The first-order valence-corrected chi connectivity index (χ1v) is 10.8. The lowest BCUT2D eigenvalue weighted by atomic mass is 9.81. The molecule has 0 N–H and O–H groups in total. The summed E-state index contributed by atoms with van der Waals surface area (Å²) in [5.41, 5.74) is 2.16. The van der Waals surface area contributed by atoms with Gasteiger partial charge in [0.2, 0.25) is 0 Å². The molecule has 0 saturated heterocycles. The first kappa shape index (κ1) is 27.1. The predicted molar refractivity (Wildman–Crippen MR) is 123 cm³/mol. The second-order valence-electron chi connectivity index (χ2n) is 10.7. The van der Waals surface area contributed by atoms with Crippen molar-refractivity contribution in [1.82, 2.24) is 4.90 Å². The molecule has 0 rings (SSSR count). The molecule has 0 amide bonds. The minimum absolute atomic E-state index is 0.0414. The molecule has 4 heteroatoms. The van der Waals surface area contributed by atoms with Gasteiger partial charge < -0.3 is 14.4 Å². The lowest BCUT2D eigenvalue weighted by molar-refractivity contribution is -0.0386. The quantitative estimate of drug-likeness (QED) is 0.355. The van der Waals surface area contributed by atoms with Crippen LogP contribution in [0.25, 0.3) is 0 Å². The fourth-order valence-corrected chi connectivity index (χ4v) is 3.13. The number of ether oxygens (including phenoxy) is 2. The molecule has 0 bridgehead atoms. The number of rotatable bonds is 12. The van der Waals surface area contributed by atoms with Crippen LogP contribution in [0.5, 0.6) is 0 Å². The standard InChI is InChI=1S/C24H48N2O2/c1-13-20(4)25-21(16-26(12)23(8,9)18-22(5,6)7)17-28-24(10,11)14-15-27-19(2)3/h16,19H,13-15,17-18H2,1-12H3/b21-16-,25-20-. The Balaban J connectivity index is 5.25. The van der Waals surface area contributed by atoms with Crippen molar-refractivity contribution in [2.45, 2.75) is 113 Å². The summed E-state index contributed by atoms with van der Waals surface area (Å²) in [6.45, 7) is 25.2. The highest BCUT2D eigenvalue weighted by molar-refractivity contribution is 5.82. The van der Waals surface area contributed by atoms with E-state index in [1.807, 2.05) is 0 Å². The van der Waals surface area contributed by atoms with Crippen molar-refractivity contribution in [3.8, 4) is 0 Å². The highest BCUT2D eigenvalue weighted by Crippen LogP contribution is 2.31. The van der Waals surface area contributed by atoms with Crippen molar-refractivity contribution in [3.05, 3.63) is 11.9 Å². The largest absolute Gasteiger partial charge is 0.379 e. The molecule has 0 aliphatic heterocycles. The van der Waals surface area contributed by atoms with Gasteiger partial charge in [-0.25, -0.2) is 0 Å². The molecule has 0 spiro atoms. The summed E-state index contributed by atoms with van der Waals surface area (Å²) in [4.78, 5) is 7.13. The lowest BCUT2D eigenvalue weighted by Gasteiger charge is -2.40. The van der Waals surface area contributed by atoms with E-state index in [0.717, 1.165) is 30.7 Å². The van der Waals surface area contributed by atoms with Crippen molar-refractivity contribution in [2.75, 3.05) is 20.3 Å². The van der Waals surface area contributed by atoms with Gasteiger partial charge in [0.25, 0.3) is 0 Å². The van der Waals surface area contributed by atoms with Crippen LogP contribution >= 0.6 is 0 Å². The maximum atomic E-state index is 6.25. The summed E-state index contributed by atoms with van der Waals surface area (Å²) in [5.74, 6) is 0. The van der Waals surface area contributed by atoms with Gasteiger partial charge in [-0.05, 0) is 73.1 Å². The van der Waals surface area contributed by atoms with Gasteiger partial charge in [-0.2, -0.15) is 0 Å². The van der Waals surface area contributed by atoms with Crippen molar-refractivity contribution in [2.24, 2.45) is 10.4 Å². The number of hydrogen-bond donors (Lipinski definition) is 0. The molecular weight excluding hydrogens is 348 g/mol. The SMILES string of the molecule is CC/C(C)=N\C(=C/N(C)C(C)(C)CC(C)(C)C)COC(C)(C)CCOC(C)C. The second-order valence-corrected chi connectivity index (χ2v) is 10.7. The summed E-state index contributed by atoms with van der Waals surface area (Å²) in [6.07, 6.45) is 5.31. The van der Waals surface area contributed by atoms with Crippen LogP contribution < -0.4 is 0 Å². The molecule has 0 aromatic carbocycles. The molecule has 0 aliphatic rings. The van der Waals surface area contributed by atoms with Crippen LogP contribution in [0.3, 0.4) is 0 Å². The van der Waals surface area contributed by atoms with Gasteiger partial charge in [-0.15, -0.1) is 0 Å². The summed E-state index contributed by atoms with van der Waals surface area (Å²) >= 11 is 0. The number of aliphatic imine (C=N–C) groups is 1. The van der Waals surface area contributed by atoms with E-state index < -0.39 is 0 Å². The van der Waals surface area contributed by atoms with Crippen LogP contribution in [0.15, 0.2) is 16.9 Å². The van der Waals surface area contributed by atoms with Gasteiger partial charge in [0.05, 0.1) is 24.0 Å². The van der Waals surface area contributed by atoms with Gasteiger partial charge >= 0.3 is 0 Å². The third-order valence-corrected chi connectivity index (χ3v) is 4.87. The molecule has 28 heavy (non-hydrogen) atoms. The fourth-order valence-electron chi connectivity index (χ4n) is 3.13. The van der Waals surface area contributed by atoms with Crippen LogP contribution in [-0.4, -0.2) is 48.1 Å². The Morgan fingerprint density at radius 3 is 2.11 bits per heavy atom. The summed E-state index contributed by atoms with van der Waals surface area (Å²) in [6, 6.07) is 0. The first-order chi connectivity index (χ1) is 12.6. The Bertz CT molecular complexity index is 511. The Labute approximate surface area is 175 Å². The topological polar surface area (TPSA) is 34.1 Å². The molecule has 0 aliphatic carbocycles. The molecule has 0 aromatic rings. The van der Waals surface area contributed by atoms with Gasteiger partial charge in [-0.1, -0.05) is 27.7 Å². The summed E-state index contributed by atoms with van der Waals surface area (Å²) in [5, 5.41) is 0. The minimum atomic E-state index is -0.247. The van der Waals surface area contributed by atoms with Crippen LogP contribution in [0.1, 0.15) is 95.4 Å². The van der Waals surface area contributed by atoms with Crippen molar-refractivity contribution >= 4 is 5.71 Å². The maximum Gasteiger partial charge on any atom is 0.0909 e. The van der Waals surface area contributed by atoms with Gasteiger partial charge in [0, 0.05) is 31.1 Å². The van der Waals surface area contributed by atoms with E-state index in [1.165, 1.54) is 0 Å². The average Bonchev–Trinajstić information content (AvgIpc) is 2.49. The summed E-state index contributed by atoms with van der Waals surface area (Å²) in [7, 11) is 2.14. The highest BCUT2D eigenvalue weighted by Gasteiger charge is 2.28. The second kappa shape index (κ2) is 11.3. The molecular formula is C24H48N2O2. The number of hydrogen-bond acceptors (Lipinski definition) is 4. The van der Waals surface area contributed by atoms with E-state index in [-0.39, 0.29) is 22.7 Å². The van der Waals surface area contributed by atoms with E-state index in [4.69, 9.17) is 14.5 Å². The highest BCUT2D eigenvalue weighted by atomic mass is 16.5. The van der Waals surface area contributed by atoms with Gasteiger partial charge in [-0.3, -0.25) is 4.99 Å². The molecule has 4 nitrogen and oxygen atoms in total. The van der Waals surface area contributed by atoms with E-state index in [1.54, 1.807) is 0 Å². The van der Waals surface area contributed by atoms with Crippen molar-refractivity contribution in [1.29, 1.82) is 0 Å². The molecule has 0 heterocycles. The van der Waals surface area contributed by atoms with Crippen molar-refractivity contribution in [3.63, 3.8) is 0 Å². The van der Waals surface area contributed by atoms with E-state index in [9.17, 15) is 0 Å². The first-order valence-electron chi connectivity index (χ1n) is 10.8. The van der Waals surface area contributed by atoms with Crippen LogP contribution in [0.4, 0.5) is 0 Å². The zero-order valence-electron chi connectivity index (χ0n) is 20.9. The van der Waals surface area contributed by atoms with Gasteiger partial charge in [0.15, 0.2) is 0 Å². The average molecular weight is 397 g/mol. The van der Waals surface area contributed by atoms with Crippen molar-refractivity contribution < 1.29 is 9.47 Å². The minimum Gasteiger partial charge on any atom is -0.379 e. The maximum absolute atomic E-state index is 6.25. The zero-order valence-corrected chi connectivity index (χ0v) is 20.9. The van der Waals surface area contributed by atoms with Crippen LogP contribution in [0.2, 0.25) is 0 Å². The fraction of sp³-hybridized carbons (Fsp3) is 0.875. The zero-order chi connectivity index (χ0) is 22.2. The van der Waals surface area contributed by atoms with E-state index in [0.29, 0.717) is 13.2 Å². The lowest BCUT2D eigenvalue weighted by Crippen LogP contribution is -2.41. The molecule has 166 valence electrons. The smallest absolute Gasteiger partial charge is 0.0909 e. The van der Waals surface area contributed by atoms with E-state index >= 15 is 0 Å². The predicted octanol–water partition coefficient (Wildman–Crippen LogP) is 6.46. The molecule has 0 saturated carbocycles. The van der Waals surface area contributed by atoms with Gasteiger partial charge in [0.1, 0.15) is 0 Å². The number of nitrogens with zero attached hydrogens (tertiary/aromatic N) is 2.